The topological polar surface area (TPSA) is 58.6 Å². The Bertz CT molecular complexity index is 482. The summed E-state index contributed by atoms with van der Waals surface area (Å²) in [6.07, 6.45) is -0.0277. The lowest BCUT2D eigenvalue weighted by molar-refractivity contribution is -0.118. The fraction of sp³-hybridized carbons (Fsp3) is 0.533. The first-order valence-corrected chi connectivity index (χ1v) is 8.55. The van der Waals surface area contributed by atoms with Crippen LogP contribution in [0.25, 0.3) is 0 Å². The van der Waals surface area contributed by atoms with Gasteiger partial charge < -0.3 is 15.2 Å². The first-order chi connectivity index (χ1) is 9.93. The van der Waals surface area contributed by atoms with Crippen LogP contribution in [-0.4, -0.2) is 43.1 Å². The number of carbonyl (C=O) groups is 1. The van der Waals surface area contributed by atoms with Gasteiger partial charge in [-0.25, -0.2) is 0 Å². The first-order valence-electron chi connectivity index (χ1n) is 6.77. The average Bonchev–Trinajstić information content (AvgIpc) is 2.41. The summed E-state index contributed by atoms with van der Waals surface area (Å²) in [6.45, 7) is 4.82. The lowest BCUT2D eigenvalue weighted by Crippen LogP contribution is -2.29. The van der Waals surface area contributed by atoms with E-state index in [4.69, 9.17) is 4.74 Å². The zero-order chi connectivity index (χ0) is 15.8. The van der Waals surface area contributed by atoms with Gasteiger partial charge in [0.25, 0.3) is 0 Å². The second-order valence-corrected chi connectivity index (χ2v) is 6.77. The molecule has 0 saturated heterocycles. The quantitative estimate of drug-likeness (QED) is 0.685. The van der Waals surface area contributed by atoms with Gasteiger partial charge in [0.2, 0.25) is 5.91 Å². The summed E-state index contributed by atoms with van der Waals surface area (Å²) in [5.74, 6) is 0.354. The van der Waals surface area contributed by atoms with E-state index >= 15 is 0 Å². The van der Waals surface area contributed by atoms with E-state index in [0.717, 1.165) is 20.5 Å². The van der Waals surface area contributed by atoms with Gasteiger partial charge in [0.15, 0.2) is 0 Å². The van der Waals surface area contributed by atoms with E-state index in [0.29, 0.717) is 25.3 Å². The standard InChI is InChI=1S/C15H22BrNO3S/c1-10-7-14(11(2)6-13(10)16)21-9-15(19)17-5-4-12(18)8-20-3/h6-7,12,18H,4-5,8-9H2,1-3H3,(H,17,19). The number of hydrogen-bond donors (Lipinski definition) is 2. The van der Waals surface area contributed by atoms with Gasteiger partial charge in [-0.2, -0.15) is 0 Å². The minimum atomic E-state index is -0.528. The Balaban J connectivity index is 2.35. The molecule has 118 valence electrons. The normalized spacial score (nSPS) is 12.2. The van der Waals surface area contributed by atoms with Crippen molar-refractivity contribution in [3.63, 3.8) is 0 Å². The number of amides is 1. The summed E-state index contributed by atoms with van der Waals surface area (Å²) in [5, 5.41) is 12.3. The number of rotatable bonds is 8. The van der Waals surface area contributed by atoms with Crippen molar-refractivity contribution in [3.8, 4) is 0 Å². The molecule has 1 aromatic rings. The highest BCUT2D eigenvalue weighted by atomic mass is 79.9. The van der Waals surface area contributed by atoms with Gasteiger partial charge in [0.1, 0.15) is 0 Å². The summed E-state index contributed by atoms with van der Waals surface area (Å²) >= 11 is 5.03. The number of aryl methyl sites for hydroxylation is 2. The molecule has 1 unspecified atom stereocenters. The lowest BCUT2D eigenvalue weighted by Gasteiger charge is -2.11. The van der Waals surface area contributed by atoms with Crippen LogP contribution in [-0.2, 0) is 9.53 Å². The molecule has 4 nitrogen and oxygen atoms in total. The fourth-order valence-electron chi connectivity index (χ4n) is 1.76. The summed E-state index contributed by atoms with van der Waals surface area (Å²) < 4.78 is 5.91. The molecule has 1 rings (SSSR count). The van der Waals surface area contributed by atoms with Crippen LogP contribution in [0.5, 0.6) is 0 Å². The van der Waals surface area contributed by atoms with Crippen LogP contribution in [0.3, 0.4) is 0 Å². The van der Waals surface area contributed by atoms with Crippen LogP contribution in [0.1, 0.15) is 17.5 Å². The van der Waals surface area contributed by atoms with Crippen molar-refractivity contribution in [1.29, 1.82) is 0 Å². The molecule has 1 amide bonds. The Kier molecular flexibility index (Phi) is 8.33. The Hall–Kier alpha value is -0.560. The third-order valence-corrected chi connectivity index (χ3v) is 4.99. The number of aliphatic hydroxyl groups excluding tert-OH is 1. The molecule has 6 heteroatoms. The molecule has 0 aliphatic carbocycles. The average molecular weight is 376 g/mol. The molecule has 0 bridgehead atoms. The molecule has 1 aromatic carbocycles. The number of thioether (sulfide) groups is 1. The van der Waals surface area contributed by atoms with Crippen molar-refractivity contribution >= 4 is 33.6 Å². The minimum absolute atomic E-state index is 0.0235. The van der Waals surface area contributed by atoms with E-state index in [1.807, 2.05) is 13.8 Å². The molecular formula is C15H22BrNO3S. The first kappa shape index (κ1) is 18.5. The Labute approximate surface area is 138 Å². The lowest BCUT2D eigenvalue weighted by atomic mass is 10.2. The van der Waals surface area contributed by atoms with Gasteiger partial charge in [-0.05, 0) is 43.5 Å². The number of methoxy groups -OCH3 is 1. The smallest absolute Gasteiger partial charge is 0.230 e. The van der Waals surface area contributed by atoms with Crippen molar-refractivity contribution in [3.05, 3.63) is 27.7 Å². The summed E-state index contributed by atoms with van der Waals surface area (Å²) in [4.78, 5) is 12.9. The molecule has 0 aromatic heterocycles. The van der Waals surface area contributed by atoms with E-state index in [2.05, 4.69) is 33.4 Å². The number of benzene rings is 1. The molecule has 21 heavy (non-hydrogen) atoms. The summed E-state index contributed by atoms with van der Waals surface area (Å²) in [7, 11) is 1.54. The molecule has 0 aliphatic heterocycles. The van der Waals surface area contributed by atoms with Gasteiger partial charge in [-0.3, -0.25) is 4.79 Å². The van der Waals surface area contributed by atoms with Crippen molar-refractivity contribution in [2.75, 3.05) is 26.0 Å². The van der Waals surface area contributed by atoms with Crippen LogP contribution in [0, 0.1) is 13.8 Å². The Morgan fingerprint density at radius 3 is 2.81 bits per heavy atom. The summed E-state index contributed by atoms with van der Waals surface area (Å²) in [5.41, 5.74) is 2.31. The van der Waals surface area contributed by atoms with Crippen LogP contribution in [0.4, 0.5) is 0 Å². The van der Waals surface area contributed by atoms with Gasteiger partial charge in [-0.15, -0.1) is 11.8 Å². The second-order valence-electron chi connectivity index (χ2n) is 4.90. The molecule has 0 radical (unpaired) electrons. The van der Waals surface area contributed by atoms with E-state index in [1.54, 1.807) is 7.11 Å². The highest BCUT2D eigenvalue weighted by molar-refractivity contribution is 9.10. The number of ether oxygens (including phenoxy) is 1. The molecule has 0 aliphatic rings. The molecule has 0 fully saturated rings. The van der Waals surface area contributed by atoms with Gasteiger partial charge in [-0.1, -0.05) is 15.9 Å². The maximum atomic E-state index is 11.8. The summed E-state index contributed by atoms with van der Waals surface area (Å²) in [6, 6.07) is 4.15. The van der Waals surface area contributed by atoms with E-state index in [-0.39, 0.29) is 5.91 Å². The number of halogens is 1. The molecular weight excluding hydrogens is 354 g/mol. The zero-order valence-corrected chi connectivity index (χ0v) is 15.0. The molecule has 0 heterocycles. The van der Waals surface area contributed by atoms with E-state index in [1.165, 1.54) is 11.8 Å². The monoisotopic (exact) mass is 375 g/mol. The van der Waals surface area contributed by atoms with Crippen LogP contribution in [0.2, 0.25) is 0 Å². The maximum Gasteiger partial charge on any atom is 0.230 e. The van der Waals surface area contributed by atoms with Crippen molar-refractivity contribution in [2.45, 2.75) is 31.3 Å². The predicted octanol–water partition coefficient (Wildman–Crippen LogP) is 2.67. The molecule has 2 N–H and O–H groups in total. The maximum absolute atomic E-state index is 11.8. The molecule has 0 spiro atoms. The van der Waals surface area contributed by atoms with Crippen LogP contribution in [0.15, 0.2) is 21.5 Å². The third kappa shape index (κ3) is 6.82. The number of hydrogen-bond acceptors (Lipinski definition) is 4. The number of nitrogens with one attached hydrogen (secondary N) is 1. The SMILES string of the molecule is COCC(O)CCNC(=O)CSc1cc(C)c(Br)cc1C. The molecule has 1 atom stereocenters. The van der Waals surface area contributed by atoms with Crippen LogP contribution < -0.4 is 5.32 Å². The van der Waals surface area contributed by atoms with Crippen LogP contribution >= 0.6 is 27.7 Å². The van der Waals surface area contributed by atoms with Crippen molar-refractivity contribution in [2.24, 2.45) is 0 Å². The predicted molar refractivity (Wildman–Crippen MR) is 89.8 cm³/mol. The third-order valence-electron chi connectivity index (χ3n) is 2.97. The van der Waals surface area contributed by atoms with E-state index in [9.17, 15) is 9.90 Å². The van der Waals surface area contributed by atoms with Crippen molar-refractivity contribution < 1.29 is 14.6 Å². The second kappa shape index (κ2) is 9.46. The highest BCUT2D eigenvalue weighted by Crippen LogP contribution is 2.28. The van der Waals surface area contributed by atoms with Gasteiger partial charge in [0, 0.05) is 23.0 Å². The largest absolute Gasteiger partial charge is 0.391 e. The number of carbonyl (C=O) groups excluding carboxylic acids is 1. The van der Waals surface area contributed by atoms with Gasteiger partial charge in [0.05, 0.1) is 18.5 Å². The van der Waals surface area contributed by atoms with Gasteiger partial charge >= 0.3 is 0 Å². The van der Waals surface area contributed by atoms with Crippen molar-refractivity contribution in [1.82, 2.24) is 5.32 Å². The Morgan fingerprint density at radius 2 is 2.14 bits per heavy atom. The molecule has 0 saturated carbocycles. The number of aliphatic hydroxyl groups is 1. The zero-order valence-electron chi connectivity index (χ0n) is 12.6. The minimum Gasteiger partial charge on any atom is -0.391 e. The van der Waals surface area contributed by atoms with E-state index < -0.39 is 6.10 Å². The highest BCUT2D eigenvalue weighted by Gasteiger charge is 2.08. The Morgan fingerprint density at radius 1 is 1.43 bits per heavy atom. The fourth-order valence-corrected chi connectivity index (χ4v) is 3.15.